The van der Waals surface area contributed by atoms with Crippen LogP contribution < -0.4 is 59.3 Å². The molecule has 2 aromatic carbocycles. The number of nitrogens with zero attached hydrogens (tertiary/aromatic N) is 2. The van der Waals surface area contributed by atoms with E-state index >= 15 is 0 Å². The van der Waals surface area contributed by atoms with E-state index in [1.807, 2.05) is 27.7 Å². The molecule has 3 aliphatic heterocycles. The summed E-state index contributed by atoms with van der Waals surface area (Å²) < 4.78 is 0. The molecule has 0 unspecified atom stereocenters. The van der Waals surface area contributed by atoms with Gasteiger partial charge in [-0.2, -0.15) is 0 Å². The van der Waals surface area contributed by atoms with Crippen LogP contribution in [0.4, 0.5) is 0 Å². The Labute approximate surface area is 512 Å². The largest absolute Gasteiger partial charge is 0.343 e. The molecule has 11 amide bonds. The third-order valence-electron chi connectivity index (χ3n) is 16.1. The second-order valence-corrected chi connectivity index (χ2v) is 24.9. The summed E-state index contributed by atoms with van der Waals surface area (Å²) in [5.74, 6) is -8.81. The summed E-state index contributed by atoms with van der Waals surface area (Å²) in [5, 5.41) is 25.3. The monoisotopic (exact) mass is 1210 g/mol. The van der Waals surface area contributed by atoms with E-state index in [-0.39, 0.29) is 102 Å². The molecule has 0 aliphatic carbocycles. The standard InChI is InChI=1S/C63H97N13O11/c1-36(2)32-45-56(80)66-40(9)53(77)71-47(34-41-20-12-10-13-21-41)62(86)75-30-18-26-49(75)58(82)73-52(39(7)8)61(85)68-44(25-17-29-65)55(79)70-46(33-37(3)4)57(81)72-48(35-42-22-14-11-15-23-42)63(87)76-31-19-27-50(76)59(83)74-51(38(5)6)60(84)67-43(24-16-28-64)54(78)69-45/h10-15,20-23,36-40,43-52H,16-19,24-35,64-65H2,1-9H3,(H,66,80)(H,67,84)(H,68,85)(H,69,78)(H,70,79)(H,71,77)(H,72,81)(H,73,82)(H,74,83)/t40-,43-,44-,45-,46-,47+,48+,49-,50-,51-,52-/m0/s1. The van der Waals surface area contributed by atoms with Gasteiger partial charge in [0.2, 0.25) is 65.0 Å². The predicted octanol–water partition coefficient (Wildman–Crippen LogP) is 0.732. The van der Waals surface area contributed by atoms with E-state index in [9.17, 15) is 52.7 Å². The number of benzene rings is 2. The van der Waals surface area contributed by atoms with E-state index in [0.717, 1.165) is 0 Å². The lowest BCUT2D eigenvalue weighted by atomic mass is 9.99. The normalized spacial score (nSPS) is 26.9. The number of nitrogens with two attached hydrogens (primary N) is 2. The first-order valence-corrected chi connectivity index (χ1v) is 31.2. The summed E-state index contributed by atoms with van der Waals surface area (Å²) >= 11 is 0. The Bertz CT molecular complexity index is 2680. The average Bonchev–Trinajstić information content (AvgIpc) is 3.26. The molecule has 0 saturated carbocycles. The van der Waals surface area contributed by atoms with Gasteiger partial charge < -0.3 is 69.1 Å². The molecule has 87 heavy (non-hydrogen) atoms. The molecule has 3 fully saturated rings. The predicted molar refractivity (Wildman–Crippen MR) is 328 cm³/mol. The second-order valence-electron chi connectivity index (χ2n) is 24.9. The molecule has 2 aromatic rings. The van der Waals surface area contributed by atoms with E-state index in [2.05, 4.69) is 47.9 Å². The van der Waals surface area contributed by atoms with Gasteiger partial charge in [0, 0.05) is 25.9 Å². The van der Waals surface area contributed by atoms with Crippen molar-refractivity contribution < 1.29 is 52.7 Å². The summed E-state index contributed by atoms with van der Waals surface area (Å²) in [6.07, 6.45) is 2.24. The third kappa shape index (κ3) is 20.8. The molecule has 5 rings (SSSR count). The van der Waals surface area contributed by atoms with Crippen molar-refractivity contribution in [1.82, 2.24) is 57.7 Å². The van der Waals surface area contributed by atoms with Crippen molar-refractivity contribution in [2.45, 2.75) is 206 Å². The molecule has 0 spiro atoms. The average molecular weight is 1210 g/mol. The highest BCUT2D eigenvalue weighted by atomic mass is 16.2. The van der Waals surface area contributed by atoms with Gasteiger partial charge in [0.25, 0.3) is 0 Å². The van der Waals surface area contributed by atoms with Crippen LogP contribution >= 0.6 is 0 Å². The molecule has 11 atom stereocenters. The zero-order valence-corrected chi connectivity index (χ0v) is 52.3. The fourth-order valence-electron chi connectivity index (χ4n) is 11.3. The van der Waals surface area contributed by atoms with Crippen molar-refractivity contribution >= 4 is 65.0 Å². The van der Waals surface area contributed by atoms with E-state index in [0.29, 0.717) is 24.0 Å². The van der Waals surface area contributed by atoms with E-state index in [4.69, 9.17) is 11.5 Å². The molecule has 0 aromatic heterocycles. The molecule has 3 heterocycles. The summed E-state index contributed by atoms with van der Waals surface area (Å²) in [4.78, 5) is 162. The molecule has 0 radical (unpaired) electrons. The van der Waals surface area contributed by atoms with Crippen LogP contribution in [0.25, 0.3) is 0 Å². The second kappa shape index (κ2) is 34.2. The van der Waals surface area contributed by atoms with Crippen molar-refractivity contribution in [2.75, 3.05) is 26.2 Å². The van der Waals surface area contributed by atoms with Crippen LogP contribution in [0.1, 0.15) is 138 Å². The van der Waals surface area contributed by atoms with Gasteiger partial charge in [-0.3, -0.25) is 52.7 Å². The van der Waals surface area contributed by atoms with E-state index in [1.54, 1.807) is 88.4 Å². The maximum atomic E-state index is 15.0. The van der Waals surface area contributed by atoms with Gasteiger partial charge >= 0.3 is 0 Å². The molecule has 3 aliphatic rings. The molecule has 480 valence electrons. The van der Waals surface area contributed by atoms with Gasteiger partial charge in [0.15, 0.2) is 0 Å². The van der Waals surface area contributed by atoms with Gasteiger partial charge in [-0.05, 0) is 119 Å². The zero-order chi connectivity index (χ0) is 64.1. The minimum atomic E-state index is -1.26. The van der Waals surface area contributed by atoms with Crippen LogP contribution in [0, 0.1) is 23.7 Å². The Morgan fingerprint density at radius 3 is 1.10 bits per heavy atom. The fraction of sp³-hybridized carbons (Fsp3) is 0.635. The number of carbonyl (C=O) groups is 11. The lowest BCUT2D eigenvalue weighted by Crippen LogP contribution is -2.61. The maximum Gasteiger partial charge on any atom is 0.246 e. The number of carbonyl (C=O) groups excluding carboxylic acids is 11. The number of fused-ring (bicyclic) bond motifs is 2. The van der Waals surface area contributed by atoms with Crippen LogP contribution in [-0.2, 0) is 65.6 Å². The topological polar surface area (TPSA) is 355 Å². The van der Waals surface area contributed by atoms with E-state index < -0.39 is 143 Å². The van der Waals surface area contributed by atoms with Crippen LogP contribution in [0.3, 0.4) is 0 Å². The molecule has 3 saturated heterocycles. The number of rotatable bonds is 16. The molecular formula is C63H97N13O11. The van der Waals surface area contributed by atoms with Crippen LogP contribution in [0.15, 0.2) is 60.7 Å². The lowest BCUT2D eigenvalue weighted by molar-refractivity contribution is -0.143. The smallest absolute Gasteiger partial charge is 0.246 e. The Morgan fingerprint density at radius 2 is 0.747 bits per heavy atom. The lowest BCUT2D eigenvalue weighted by Gasteiger charge is -2.32. The number of hydrogen-bond donors (Lipinski definition) is 11. The van der Waals surface area contributed by atoms with Crippen molar-refractivity contribution in [3.63, 3.8) is 0 Å². The SMILES string of the molecule is CC(C)C[C@@H]1NC(=O)[C@H](CCCN)NC(=O)[C@H](C(C)C)NC(=O)[C@@H]2CCCN2C(=O)[C@@H](Cc2ccccc2)NC(=O)[C@H](CC(C)C)NC(=O)[C@H](CCCN)NC(=O)[C@H](C(C)C)NC(=O)[C@@H]2CCCN2C(=O)[C@@H](Cc2ccccc2)NC(=O)[C@H](C)NC1=O. The fourth-order valence-corrected chi connectivity index (χ4v) is 11.3. The number of hydrogen-bond acceptors (Lipinski definition) is 13. The van der Waals surface area contributed by atoms with Gasteiger partial charge in [-0.25, -0.2) is 0 Å². The number of amides is 11. The van der Waals surface area contributed by atoms with Gasteiger partial charge in [0.05, 0.1) is 0 Å². The summed E-state index contributed by atoms with van der Waals surface area (Å²) in [6.45, 7) is 16.3. The van der Waals surface area contributed by atoms with E-state index in [1.165, 1.54) is 16.7 Å². The first-order valence-electron chi connectivity index (χ1n) is 31.2. The molecule has 13 N–H and O–H groups in total. The quantitative estimate of drug-likeness (QED) is 0.111. The van der Waals surface area contributed by atoms with Gasteiger partial charge in [-0.1, -0.05) is 116 Å². The molecule has 24 nitrogen and oxygen atoms in total. The minimum Gasteiger partial charge on any atom is -0.343 e. The third-order valence-corrected chi connectivity index (χ3v) is 16.1. The summed E-state index contributed by atoms with van der Waals surface area (Å²) in [5.41, 5.74) is 13.2. The highest BCUT2D eigenvalue weighted by Crippen LogP contribution is 2.24. The van der Waals surface area contributed by atoms with Crippen LogP contribution in [0.2, 0.25) is 0 Å². The first kappa shape index (κ1) is 70.3. The van der Waals surface area contributed by atoms with Crippen LogP contribution in [0.5, 0.6) is 0 Å². The highest BCUT2D eigenvalue weighted by Gasteiger charge is 2.43. The van der Waals surface area contributed by atoms with Crippen molar-refractivity contribution in [3.8, 4) is 0 Å². The molecule has 24 heteroatoms. The summed E-state index contributed by atoms with van der Waals surface area (Å²) in [7, 11) is 0. The highest BCUT2D eigenvalue weighted by molar-refractivity contribution is 6.00. The minimum absolute atomic E-state index is 0.00807. The maximum absolute atomic E-state index is 15.0. The Morgan fingerprint density at radius 1 is 0.414 bits per heavy atom. The first-order chi connectivity index (χ1) is 41.3. The van der Waals surface area contributed by atoms with Crippen molar-refractivity contribution in [1.29, 1.82) is 0 Å². The zero-order valence-electron chi connectivity index (χ0n) is 52.3. The molecule has 0 bridgehead atoms. The molecular weight excluding hydrogens is 1110 g/mol. The van der Waals surface area contributed by atoms with Crippen molar-refractivity contribution in [2.24, 2.45) is 35.1 Å². The Hall–Kier alpha value is -7.47. The Kier molecular flexibility index (Phi) is 27.6. The van der Waals surface area contributed by atoms with Gasteiger partial charge in [-0.15, -0.1) is 0 Å². The summed E-state index contributed by atoms with van der Waals surface area (Å²) in [6, 6.07) is 4.70. The van der Waals surface area contributed by atoms with Gasteiger partial charge in [0.1, 0.15) is 66.5 Å². The Balaban J connectivity index is 1.57. The van der Waals surface area contributed by atoms with Crippen LogP contribution in [-0.4, -0.2) is 167 Å². The van der Waals surface area contributed by atoms with Crippen molar-refractivity contribution in [3.05, 3.63) is 71.8 Å². The number of nitrogens with one attached hydrogen (secondary N) is 9.